The molecule has 5 rings (SSSR count). The Labute approximate surface area is 176 Å². The molecule has 2 atom stereocenters. The van der Waals surface area contributed by atoms with Gasteiger partial charge in [-0.2, -0.15) is 0 Å². The summed E-state index contributed by atoms with van der Waals surface area (Å²) in [7, 11) is 0. The van der Waals surface area contributed by atoms with E-state index in [-0.39, 0.29) is 6.04 Å². The summed E-state index contributed by atoms with van der Waals surface area (Å²) in [5.41, 5.74) is 9.31. The van der Waals surface area contributed by atoms with Crippen LogP contribution in [0.1, 0.15) is 37.1 Å². The van der Waals surface area contributed by atoms with E-state index in [9.17, 15) is 4.79 Å². The molecule has 0 aliphatic carbocycles. The van der Waals surface area contributed by atoms with Crippen molar-refractivity contribution >= 4 is 17.5 Å². The van der Waals surface area contributed by atoms with Crippen molar-refractivity contribution in [3.63, 3.8) is 0 Å². The van der Waals surface area contributed by atoms with Crippen LogP contribution in [0.5, 0.6) is 0 Å². The lowest BCUT2D eigenvalue weighted by molar-refractivity contribution is 0.0983. The highest BCUT2D eigenvalue weighted by molar-refractivity contribution is 5.88. The number of nitrogens with two attached hydrogens (primary N) is 1. The molecule has 1 aromatic heterocycles. The van der Waals surface area contributed by atoms with E-state index in [1.54, 1.807) is 0 Å². The molecule has 2 aromatic rings. The fourth-order valence-corrected chi connectivity index (χ4v) is 4.92. The van der Waals surface area contributed by atoms with Gasteiger partial charge >= 0.3 is 6.03 Å². The Morgan fingerprint density at radius 1 is 1.20 bits per heavy atom. The first kappa shape index (κ1) is 19.3. The number of benzene rings is 1. The van der Waals surface area contributed by atoms with Crippen molar-refractivity contribution in [1.29, 1.82) is 0 Å². The summed E-state index contributed by atoms with van der Waals surface area (Å²) in [6.07, 6.45) is 3.37. The molecular weight excluding hydrogens is 380 g/mol. The molecule has 0 spiro atoms. The normalized spacial score (nSPS) is 23.7. The molecule has 1 aromatic carbocycles. The summed E-state index contributed by atoms with van der Waals surface area (Å²) in [6.45, 7) is 6.72. The van der Waals surface area contributed by atoms with Gasteiger partial charge in [0.25, 0.3) is 0 Å². The summed E-state index contributed by atoms with van der Waals surface area (Å²) in [4.78, 5) is 26.2. The topological polar surface area (TPSA) is 96.6 Å². The molecule has 2 fully saturated rings. The second kappa shape index (κ2) is 7.85. The Morgan fingerprint density at radius 3 is 2.80 bits per heavy atom. The maximum atomic E-state index is 11.1. The lowest BCUT2D eigenvalue weighted by atomic mass is 9.97. The van der Waals surface area contributed by atoms with Crippen LogP contribution in [-0.4, -0.2) is 59.8 Å². The van der Waals surface area contributed by atoms with Crippen LogP contribution in [0.3, 0.4) is 0 Å². The SMILES string of the molecule is C[C@H]1COCCN1c1nc(-c2ccc(NC(N)=O)cc2)nc2c1CCN1CCCC21. The number of fused-ring (bicyclic) bond motifs is 3. The molecule has 0 bridgehead atoms. The molecule has 2 saturated heterocycles. The maximum absolute atomic E-state index is 11.1. The van der Waals surface area contributed by atoms with Crippen LogP contribution >= 0.6 is 0 Å². The molecule has 8 heteroatoms. The number of carbonyl (C=O) groups is 1. The molecule has 3 aliphatic heterocycles. The number of ether oxygens (including phenoxy) is 1. The van der Waals surface area contributed by atoms with Crippen molar-refractivity contribution in [1.82, 2.24) is 14.9 Å². The minimum Gasteiger partial charge on any atom is -0.377 e. The van der Waals surface area contributed by atoms with Crippen molar-refractivity contribution in [2.24, 2.45) is 5.73 Å². The summed E-state index contributed by atoms with van der Waals surface area (Å²) < 4.78 is 5.67. The quantitative estimate of drug-likeness (QED) is 0.810. The van der Waals surface area contributed by atoms with E-state index in [4.69, 9.17) is 20.4 Å². The van der Waals surface area contributed by atoms with Crippen molar-refractivity contribution in [3.05, 3.63) is 35.5 Å². The van der Waals surface area contributed by atoms with E-state index in [1.165, 1.54) is 17.7 Å². The third kappa shape index (κ3) is 3.50. The number of nitrogens with zero attached hydrogens (tertiary/aromatic N) is 4. The predicted octanol–water partition coefficient (Wildman–Crippen LogP) is 2.55. The minimum atomic E-state index is -0.572. The number of aromatic nitrogens is 2. The summed E-state index contributed by atoms with van der Waals surface area (Å²) in [5.74, 6) is 1.80. The zero-order valence-corrected chi connectivity index (χ0v) is 17.3. The third-order valence-electron chi connectivity index (χ3n) is 6.40. The van der Waals surface area contributed by atoms with Gasteiger partial charge in [-0.3, -0.25) is 4.90 Å². The van der Waals surface area contributed by atoms with Gasteiger partial charge in [-0.1, -0.05) is 0 Å². The van der Waals surface area contributed by atoms with E-state index < -0.39 is 6.03 Å². The Hall–Kier alpha value is -2.71. The average molecular weight is 409 g/mol. The van der Waals surface area contributed by atoms with Crippen LogP contribution in [0.4, 0.5) is 16.3 Å². The van der Waals surface area contributed by atoms with Crippen LogP contribution in [0, 0.1) is 0 Å². The Morgan fingerprint density at radius 2 is 2.03 bits per heavy atom. The van der Waals surface area contributed by atoms with Crippen LogP contribution in [0.25, 0.3) is 11.4 Å². The second-order valence-corrected chi connectivity index (χ2v) is 8.36. The van der Waals surface area contributed by atoms with Gasteiger partial charge in [0.1, 0.15) is 5.82 Å². The van der Waals surface area contributed by atoms with Crippen LogP contribution in [0.2, 0.25) is 0 Å². The number of urea groups is 1. The van der Waals surface area contributed by atoms with Gasteiger partial charge in [0.15, 0.2) is 5.82 Å². The zero-order chi connectivity index (χ0) is 20.7. The molecule has 8 nitrogen and oxygen atoms in total. The van der Waals surface area contributed by atoms with Gasteiger partial charge in [-0.05, 0) is 57.0 Å². The van der Waals surface area contributed by atoms with Crippen LogP contribution in [-0.2, 0) is 11.2 Å². The van der Waals surface area contributed by atoms with Crippen molar-refractivity contribution in [2.45, 2.75) is 38.3 Å². The van der Waals surface area contributed by atoms with Gasteiger partial charge in [0.05, 0.1) is 31.0 Å². The van der Waals surface area contributed by atoms with Crippen molar-refractivity contribution in [3.8, 4) is 11.4 Å². The molecule has 0 saturated carbocycles. The lowest BCUT2D eigenvalue weighted by Crippen LogP contribution is -2.45. The first-order valence-electron chi connectivity index (χ1n) is 10.8. The van der Waals surface area contributed by atoms with Crippen LogP contribution in [0.15, 0.2) is 24.3 Å². The summed E-state index contributed by atoms with van der Waals surface area (Å²) in [5, 5.41) is 2.60. The summed E-state index contributed by atoms with van der Waals surface area (Å²) >= 11 is 0. The van der Waals surface area contributed by atoms with Gasteiger partial charge in [-0.15, -0.1) is 0 Å². The first-order valence-corrected chi connectivity index (χ1v) is 10.8. The zero-order valence-electron chi connectivity index (χ0n) is 17.3. The number of carbonyl (C=O) groups excluding carboxylic acids is 1. The third-order valence-corrected chi connectivity index (χ3v) is 6.40. The average Bonchev–Trinajstić information content (AvgIpc) is 3.23. The van der Waals surface area contributed by atoms with Crippen molar-refractivity contribution < 1.29 is 9.53 Å². The number of rotatable bonds is 3. The van der Waals surface area contributed by atoms with Gasteiger partial charge in [-0.25, -0.2) is 14.8 Å². The fourth-order valence-electron chi connectivity index (χ4n) is 4.92. The van der Waals surface area contributed by atoms with Gasteiger partial charge < -0.3 is 20.7 Å². The summed E-state index contributed by atoms with van der Waals surface area (Å²) in [6, 6.07) is 7.65. The Balaban J connectivity index is 1.58. The molecule has 1 unspecified atom stereocenters. The monoisotopic (exact) mass is 408 g/mol. The number of hydrogen-bond donors (Lipinski definition) is 2. The van der Waals surface area contributed by atoms with E-state index in [0.29, 0.717) is 11.7 Å². The molecular formula is C22H28N6O2. The molecule has 30 heavy (non-hydrogen) atoms. The maximum Gasteiger partial charge on any atom is 0.316 e. The highest BCUT2D eigenvalue weighted by Crippen LogP contribution is 2.41. The number of hydrogen-bond acceptors (Lipinski definition) is 6. The molecule has 4 heterocycles. The second-order valence-electron chi connectivity index (χ2n) is 8.36. The molecule has 3 aliphatic rings. The minimum absolute atomic E-state index is 0.286. The molecule has 2 amide bonds. The molecule has 158 valence electrons. The van der Waals surface area contributed by atoms with Gasteiger partial charge in [0, 0.05) is 29.9 Å². The van der Waals surface area contributed by atoms with Gasteiger partial charge in [0.2, 0.25) is 0 Å². The van der Waals surface area contributed by atoms with E-state index in [2.05, 4.69) is 22.0 Å². The Kier molecular flexibility index (Phi) is 5.04. The van der Waals surface area contributed by atoms with Crippen molar-refractivity contribution in [2.75, 3.05) is 43.1 Å². The number of morpholine rings is 1. The van der Waals surface area contributed by atoms with E-state index >= 15 is 0 Å². The standard InChI is InChI=1S/C22H28N6O2/c1-14-13-30-12-11-28(14)21-17-8-10-27-9-2-3-18(27)19(17)25-20(26-21)15-4-6-16(7-5-15)24-22(23)29/h4-7,14,18H,2-3,8-13H2,1H3,(H3,23,24,29)/t14-,18?/m0/s1. The smallest absolute Gasteiger partial charge is 0.316 e. The lowest BCUT2D eigenvalue weighted by Gasteiger charge is -2.38. The number of amides is 2. The fraction of sp³-hybridized carbons (Fsp3) is 0.500. The van der Waals surface area contributed by atoms with Crippen LogP contribution < -0.4 is 16.0 Å². The number of anilines is 2. The van der Waals surface area contributed by atoms with E-state index in [0.717, 1.165) is 62.9 Å². The predicted molar refractivity (Wildman–Crippen MR) is 116 cm³/mol. The number of nitrogens with one attached hydrogen (secondary N) is 1. The Bertz CT molecular complexity index is 947. The molecule has 0 radical (unpaired) electrons. The molecule has 3 N–H and O–H groups in total. The number of primary amides is 1. The largest absolute Gasteiger partial charge is 0.377 e. The first-order chi connectivity index (χ1) is 14.6. The highest BCUT2D eigenvalue weighted by Gasteiger charge is 2.36. The highest BCUT2D eigenvalue weighted by atomic mass is 16.5. The van der Waals surface area contributed by atoms with E-state index in [1.807, 2.05) is 24.3 Å².